The molecule has 0 radical (unpaired) electrons. The zero-order valence-corrected chi connectivity index (χ0v) is 13.1. The Balaban J connectivity index is 2.13. The van der Waals surface area contributed by atoms with E-state index < -0.39 is 0 Å². The minimum Gasteiger partial charge on any atom is -0.497 e. The maximum atomic E-state index is 5.74. The molecule has 2 N–H and O–H groups in total. The van der Waals surface area contributed by atoms with Crippen LogP contribution in [0.5, 0.6) is 5.75 Å². The Morgan fingerprint density at radius 3 is 2.71 bits per heavy atom. The normalized spacial score (nSPS) is 10.8. The largest absolute Gasteiger partial charge is 0.497 e. The van der Waals surface area contributed by atoms with Crippen molar-refractivity contribution < 1.29 is 4.74 Å². The van der Waals surface area contributed by atoms with Gasteiger partial charge >= 0.3 is 0 Å². The van der Waals surface area contributed by atoms with Gasteiger partial charge in [-0.05, 0) is 32.0 Å². The molecule has 0 aliphatic heterocycles. The van der Waals surface area contributed by atoms with Crippen molar-refractivity contribution in [3.8, 4) is 22.7 Å². The molecule has 0 amide bonds. The lowest BCUT2D eigenvalue weighted by Crippen LogP contribution is -1.99. The molecule has 0 unspecified atom stereocenters. The van der Waals surface area contributed by atoms with Crippen LogP contribution in [0.15, 0.2) is 35.7 Å². The quantitative estimate of drug-likeness (QED) is 0.800. The van der Waals surface area contributed by atoms with Crippen LogP contribution in [0.1, 0.15) is 11.4 Å². The molecule has 0 saturated heterocycles. The van der Waals surface area contributed by atoms with Crippen molar-refractivity contribution >= 4 is 16.5 Å². The summed E-state index contributed by atoms with van der Waals surface area (Å²) >= 11 is 1.46. The highest BCUT2D eigenvalue weighted by Crippen LogP contribution is 2.31. The van der Waals surface area contributed by atoms with Crippen LogP contribution in [-0.4, -0.2) is 16.7 Å². The molecule has 1 aromatic carbocycles. The van der Waals surface area contributed by atoms with Crippen LogP contribution in [0.3, 0.4) is 0 Å². The molecule has 0 spiro atoms. The fourth-order valence-electron chi connectivity index (χ4n) is 2.58. The van der Waals surface area contributed by atoms with Gasteiger partial charge < -0.3 is 15.0 Å². The second-order valence-electron chi connectivity index (χ2n) is 4.89. The molecular weight excluding hydrogens is 282 g/mol. The summed E-state index contributed by atoms with van der Waals surface area (Å²) in [5, 5.41) is 2.59. The molecule has 5 heteroatoms. The minimum absolute atomic E-state index is 0.594. The molecule has 2 heterocycles. The third-order valence-electron chi connectivity index (χ3n) is 3.54. The molecule has 0 fully saturated rings. The number of nitrogen functional groups attached to an aromatic ring is 1. The molecule has 3 rings (SSSR count). The molecule has 0 aliphatic carbocycles. The summed E-state index contributed by atoms with van der Waals surface area (Å²) in [6.07, 6.45) is 0. The van der Waals surface area contributed by atoms with E-state index in [1.807, 2.05) is 23.6 Å². The number of ether oxygens (including phenoxy) is 1. The van der Waals surface area contributed by atoms with Crippen molar-refractivity contribution in [2.75, 3.05) is 12.8 Å². The lowest BCUT2D eigenvalue weighted by atomic mass is 10.2. The molecule has 0 bridgehead atoms. The Bertz CT molecular complexity index is 789. The fraction of sp³-hybridized carbons (Fsp3) is 0.188. The van der Waals surface area contributed by atoms with Gasteiger partial charge in [0.05, 0.1) is 12.8 Å². The first kappa shape index (κ1) is 13.7. The Kier molecular flexibility index (Phi) is 3.43. The molecule has 0 aliphatic rings. The van der Waals surface area contributed by atoms with Crippen molar-refractivity contribution in [2.45, 2.75) is 13.8 Å². The molecule has 0 atom stereocenters. The standard InChI is InChI=1S/C16H17N3OS/c1-10-7-14(15-9-21-16(17)18-15)11(2)19(10)12-5-4-6-13(8-12)20-3/h4-9H,1-3H3,(H2,17,18). The first-order valence-corrected chi connectivity index (χ1v) is 7.53. The lowest BCUT2D eigenvalue weighted by molar-refractivity contribution is 0.414. The Hall–Kier alpha value is -2.27. The summed E-state index contributed by atoms with van der Waals surface area (Å²) in [5.41, 5.74) is 11.2. The van der Waals surface area contributed by atoms with Gasteiger partial charge in [-0.2, -0.15) is 0 Å². The maximum absolute atomic E-state index is 5.74. The van der Waals surface area contributed by atoms with E-state index >= 15 is 0 Å². The summed E-state index contributed by atoms with van der Waals surface area (Å²) in [4.78, 5) is 4.38. The maximum Gasteiger partial charge on any atom is 0.180 e. The predicted molar refractivity (Wildman–Crippen MR) is 87.3 cm³/mol. The molecule has 108 valence electrons. The number of anilines is 1. The van der Waals surface area contributed by atoms with Crippen LogP contribution in [0, 0.1) is 13.8 Å². The van der Waals surface area contributed by atoms with Crippen molar-refractivity contribution in [1.82, 2.24) is 9.55 Å². The number of nitrogens with two attached hydrogens (primary N) is 1. The first-order chi connectivity index (χ1) is 10.1. The Morgan fingerprint density at radius 1 is 1.24 bits per heavy atom. The zero-order valence-electron chi connectivity index (χ0n) is 12.3. The smallest absolute Gasteiger partial charge is 0.180 e. The lowest BCUT2D eigenvalue weighted by Gasteiger charge is -2.11. The number of hydrogen-bond donors (Lipinski definition) is 1. The first-order valence-electron chi connectivity index (χ1n) is 6.65. The summed E-state index contributed by atoms with van der Waals surface area (Å²) < 4.78 is 7.51. The SMILES string of the molecule is COc1cccc(-n2c(C)cc(-c3csc(N)n3)c2C)c1. The number of thiazole rings is 1. The predicted octanol–water partition coefficient (Wildman–Crippen LogP) is 3.81. The average Bonchev–Trinajstić information content (AvgIpc) is 3.02. The van der Waals surface area contributed by atoms with Crippen LogP contribution in [0.2, 0.25) is 0 Å². The number of nitrogens with zero attached hydrogens (tertiary/aromatic N) is 2. The summed E-state index contributed by atoms with van der Waals surface area (Å²) in [7, 11) is 1.68. The molecule has 2 aromatic heterocycles. The van der Waals surface area contributed by atoms with Crippen molar-refractivity contribution in [3.05, 3.63) is 47.1 Å². The second-order valence-corrected chi connectivity index (χ2v) is 5.78. The van der Waals surface area contributed by atoms with Crippen molar-refractivity contribution in [2.24, 2.45) is 0 Å². The number of aryl methyl sites for hydroxylation is 1. The minimum atomic E-state index is 0.594. The van der Waals surface area contributed by atoms with Gasteiger partial charge in [-0.15, -0.1) is 11.3 Å². The summed E-state index contributed by atoms with van der Waals surface area (Å²) in [5.74, 6) is 0.847. The zero-order chi connectivity index (χ0) is 15.0. The van der Waals surface area contributed by atoms with Gasteiger partial charge in [0.15, 0.2) is 5.13 Å². The monoisotopic (exact) mass is 299 g/mol. The molecule has 3 aromatic rings. The van der Waals surface area contributed by atoms with Gasteiger partial charge in [0, 0.05) is 34.1 Å². The molecule has 0 saturated carbocycles. The van der Waals surface area contributed by atoms with E-state index in [2.05, 4.69) is 35.5 Å². The van der Waals surface area contributed by atoms with E-state index in [1.54, 1.807) is 7.11 Å². The second kappa shape index (κ2) is 5.26. The number of hydrogen-bond acceptors (Lipinski definition) is 4. The van der Waals surface area contributed by atoms with E-state index in [4.69, 9.17) is 10.5 Å². The van der Waals surface area contributed by atoms with Crippen molar-refractivity contribution in [3.63, 3.8) is 0 Å². The van der Waals surface area contributed by atoms with E-state index in [0.29, 0.717) is 5.13 Å². The van der Waals surface area contributed by atoms with Gasteiger partial charge in [-0.3, -0.25) is 0 Å². The summed E-state index contributed by atoms with van der Waals surface area (Å²) in [6, 6.07) is 10.2. The van der Waals surface area contributed by atoms with Crippen LogP contribution in [0.4, 0.5) is 5.13 Å². The van der Waals surface area contributed by atoms with Crippen LogP contribution < -0.4 is 10.5 Å². The molecular formula is C16H17N3OS. The number of benzene rings is 1. The number of rotatable bonds is 3. The van der Waals surface area contributed by atoms with E-state index in [0.717, 1.165) is 34.1 Å². The highest BCUT2D eigenvalue weighted by molar-refractivity contribution is 7.13. The third kappa shape index (κ3) is 2.40. The van der Waals surface area contributed by atoms with Crippen LogP contribution >= 0.6 is 11.3 Å². The fourth-order valence-corrected chi connectivity index (χ4v) is 3.14. The highest BCUT2D eigenvalue weighted by Gasteiger charge is 2.14. The Labute approximate surface area is 127 Å². The van der Waals surface area contributed by atoms with E-state index in [1.165, 1.54) is 11.3 Å². The molecule has 21 heavy (non-hydrogen) atoms. The number of aromatic nitrogens is 2. The van der Waals surface area contributed by atoms with Crippen molar-refractivity contribution in [1.29, 1.82) is 0 Å². The highest BCUT2D eigenvalue weighted by atomic mass is 32.1. The van der Waals surface area contributed by atoms with Crippen LogP contribution in [0.25, 0.3) is 16.9 Å². The Morgan fingerprint density at radius 2 is 2.05 bits per heavy atom. The van der Waals surface area contributed by atoms with Gasteiger partial charge in [0.1, 0.15) is 5.75 Å². The van der Waals surface area contributed by atoms with E-state index in [9.17, 15) is 0 Å². The average molecular weight is 299 g/mol. The molecule has 4 nitrogen and oxygen atoms in total. The van der Waals surface area contributed by atoms with Gasteiger partial charge in [0.25, 0.3) is 0 Å². The van der Waals surface area contributed by atoms with Gasteiger partial charge in [0.2, 0.25) is 0 Å². The van der Waals surface area contributed by atoms with E-state index in [-0.39, 0.29) is 0 Å². The topological polar surface area (TPSA) is 53.1 Å². The number of methoxy groups -OCH3 is 1. The van der Waals surface area contributed by atoms with Crippen LogP contribution in [-0.2, 0) is 0 Å². The van der Waals surface area contributed by atoms with Gasteiger partial charge in [-0.1, -0.05) is 6.07 Å². The van der Waals surface area contributed by atoms with Gasteiger partial charge in [-0.25, -0.2) is 4.98 Å². The summed E-state index contributed by atoms with van der Waals surface area (Å²) in [6.45, 7) is 4.18. The third-order valence-corrected chi connectivity index (χ3v) is 4.21.